The second-order valence-electron chi connectivity index (χ2n) is 5.81. The lowest BCUT2D eigenvalue weighted by Crippen LogP contribution is -2.20. The first-order valence-electron chi connectivity index (χ1n) is 6.46. The monoisotopic (exact) mass is 267 g/mol. The van der Waals surface area contributed by atoms with E-state index in [1.54, 1.807) is 6.07 Å². The third-order valence-corrected chi connectivity index (χ3v) is 2.52. The highest BCUT2D eigenvalue weighted by molar-refractivity contribution is 5.37. The molecule has 0 atom stereocenters. The maximum Gasteiger partial charge on any atom is 0.218 e. The van der Waals surface area contributed by atoms with E-state index in [4.69, 9.17) is 10.6 Å². The molecule has 0 aliphatic rings. The molecular formula is C13H25N5O. The molecule has 0 bridgehead atoms. The van der Waals surface area contributed by atoms with Gasteiger partial charge in [0.1, 0.15) is 11.6 Å². The molecule has 19 heavy (non-hydrogen) atoms. The number of anilines is 1. The molecule has 1 aromatic rings. The summed E-state index contributed by atoms with van der Waals surface area (Å²) < 4.78 is 5.66. The van der Waals surface area contributed by atoms with Crippen molar-refractivity contribution in [2.45, 2.75) is 32.6 Å². The minimum atomic E-state index is -0.144. The summed E-state index contributed by atoms with van der Waals surface area (Å²) in [4.78, 5) is 10.9. The predicted molar refractivity (Wildman–Crippen MR) is 77.2 cm³/mol. The van der Waals surface area contributed by atoms with Gasteiger partial charge in [0.05, 0.1) is 6.61 Å². The summed E-state index contributed by atoms with van der Waals surface area (Å²) >= 11 is 0. The smallest absolute Gasteiger partial charge is 0.218 e. The Hall–Kier alpha value is -1.40. The van der Waals surface area contributed by atoms with Crippen LogP contribution in [0.3, 0.4) is 0 Å². The van der Waals surface area contributed by atoms with Gasteiger partial charge >= 0.3 is 0 Å². The third-order valence-electron chi connectivity index (χ3n) is 2.52. The molecule has 0 fully saturated rings. The number of nitrogens with one attached hydrogen (secondary N) is 1. The number of nitrogens with two attached hydrogens (primary N) is 1. The van der Waals surface area contributed by atoms with E-state index < -0.39 is 0 Å². The first kappa shape index (κ1) is 15.7. The van der Waals surface area contributed by atoms with Gasteiger partial charge in [0.2, 0.25) is 5.88 Å². The number of hydrogen-bond donors (Lipinski definition) is 2. The van der Waals surface area contributed by atoms with Crippen LogP contribution < -0.4 is 16.0 Å². The molecule has 1 heterocycles. The van der Waals surface area contributed by atoms with Crippen LogP contribution in [0.1, 0.15) is 33.0 Å². The Kier molecular flexibility index (Phi) is 5.50. The number of nitrogen functional groups attached to an aromatic ring is 1. The molecule has 6 nitrogen and oxygen atoms in total. The molecular weight excluding hydrogens is 242 g/mol. The third kappa shape index (κ3) is 5.40. The van der Waals surface area contributed by atoms with Gasteiger partial charge in [0.25, 0.3) is 0 Å². The molecule has 0 spiro atoms. The summed E-state index contributed by atoms with van der Waals surface area (Å²) in [6, 6.07) is 1.71. The van der Waals surface area contributed by atoms with Gasteiger partial charge in [-0.2, -0.15) is 4.98 Å². The van der Waals surface area contributed by atoms with Crippen LogP contribution in [-0.2, 0) is 5.41 Å². The van der Waals surface area contributed by atoms with Crippen LogP contribution in [0.4, 0.5) is 5.82 Å². The van der Waals surface area contributed by atoms with E-state index in [2.05, 4.69) is 41.1 Å². The van der Waals surface area contributed by atoms with Crippen LogP contribution in [0.15, 0.2) is 6.07 Å². The summed E-state index contributed by atoms with van der Waals surface area (Å²) in [6.07, 6.45) is 0.952. The summed E-state index contributed by atoms with van der Waals surface area (Å²) in [6.45, 7) is 7.78. The van der Waals surface area contributed by atoms with Crippen molar-refractivity contribution in [3.63, 3.8) is 0 Å². The Balaban J connectivity index is 2.72. The van der Waals surface area contributed by atoms with E-state index in [1.807, 2.05) is 14.1 Å². The highest BCUT2D eigenvalue weighted by Crippen LogP contribution is 2.22. The summed E-state index contributed by atoms with van der Waals surface area (Å²) in [5.41, 5.74) is 2.40. The van der Waals surface area contributed by atoms with Crippen molar-refractivity contribution in [3.05, 3.63) is 11.9 Å². The number of ether oxygens (including phenoxy) is 1. The average Bonchev–Trinajstić information content (AvgIpc) is 2.33. The van der Waals surface area contributed by atoms with Gasteiger partial charge in [0, 0.05) is 18.0 Å². The van der Waals surface area contributed by atoms with Gasteiger partial charge in [-0.3, -0.25) is 0 Å². The van der Waals surface area contributed by atoms with Crippen LogP contribution >= 0.6 is 0 Å². The van der Waals surface area contributed by atoms with Crippen molar-refractivity contribution in [1.29, 1.82) is 0 Å². The molecule has 3 N–H and O–H groups in total. The molecule has 0 saturated carbocycles. The van der Waals surface area contributed by atoms with E-state index in [0.717, 1.165) is 13.0 Å². The SMILES string of the molecule is CN(C)CCCOc1cc(NN)nc(C(C)(C)C)n1. The van der Waals surface area contributed by atoms with Crippen molar-refractivity contribution >= 4 is 5.82 Å². The fourth-order valence-electron chi connectivity index (χ4n) is 1.47. The lowest BCUT2D eigenvalue weighted by atomic mass is 9.96. The molecule has 0 unspecified atom stereocenters. The van der Waals surface area contributed by atoms with E-state index in [9.17, 15) is 0 Å². The van der Waals surface area contributed by atoms with Crippen molar-refractivity contribution in [2.75, 3.05) is 32.7 Å². The first-order valence-corrected chi connectivity index (χ1v) is 6.46. The lowest BCUT2D eigenvalue weighted by Gasteiger charge is -2.18. The van der Waals surface area contributed by atoms with E-state index >= 15 is 0 Å². The van der Waals surface area contributed by atoms with Gasteiger partial charge < -0.3 is 15.1 Å². The van der Waals surface area contributed by atoms with Crippen LogP contribution in [0.25, 0.3) is 0 Å². The highest BCUT2D eigenvalue weighted by Gasteiger charge is 2.19. The molecule has 0 aromatic carbocycles. The Labute approximate surface area is 115 Å². The van der Waals surface area contributed by atoms with Crippen LogP contribution in [0.5, 0.6) is 5.88 Å². The second-order valence-corrected chi connectivity index (χ2v) is 5.81. The molecule has 0 saturated heterocycles. The second kappa shape index (κ2) is 6.68. The molecule has 1 rings (SSSR count). The average molecular weight is 267 g/mol. The number of aromatic nitrogens is 2. The Morgan fingerprint density at radius 1 is 1.32 bits per heavy atom. The maximum absolute atomic E-state index is 5.66. The number of hydrogen-bond acceptors (Lipinski definition) is 6. The van der Waals surface area contributed by atoms with E-state index in [0.29, 0.717) is 24.1 Å². The fourth-order valence-corrected chi connectivity index (χ4v) is 1.47. The van der Waals surface area contributed by atoms with E-state index in [-0.39, 0.29) is 5.41 Å². The maximum atomic E-state index is 5.66. The van der Waals surface area contributed by atoms with Crippen molar-refractivity contribution in [1.82, 2.24) is 14.9 Å². The van der Waals surface area contributed by atoms with Crippen molar-refractivity contribution in [2.24, 2.45) is 5.84 Å². The fraction of sp³-hybridized carbons (Fsp3) is 0.692. The predicted octanol–water partition coefficient (Wildman–Crippen LogP) is 1.39. The van der Waals surface area contributed by atoms with Crippen LogP contribution in [-0.4, -0.2) is 42.1 Å². The van der Waals surface area contributed by atoms with Gasteiger partial charge in [-0.25, -0.2) is 10.8 Å². The number of rotatable bonds is 6. The molecule has 0 aliphatic heterocycles. The largest absolute Gasteiger partial charge is 0.477 e. The minimum Gasteiger partial charge on any atom is -0.477 e. The zero-order valence-electron chi connectivity index (χ0n) is 12.5. The number of nitrogens with zero attached hydrogens (tertiary/aromatic N) is 3. The normalized spacial score (nSPS) is 11.7. The molecule has 0 radical (unpaired) electrons. The van der Waals surface area contributed by atoms with Gasteiger partial charge in [-0.05, 0) is 20.5 Å². The van der Waals surface area contributed by atoms with E-state index in [1.165, 1.54) is 0 Å². The molecule has 108 valence electrons. The van der Waals surface area contributed by atoms with Crippen molar-refractivity contribution in [3.8, 4) is 5.88 Å². The summed E-state index contributed by atoms with van der Waals surface area (Å²) in [5.74, 6) is 7.27. The van der Waals surface area contributed by atoms with Gasteiger partial charge in [-0.15, -0.1) is 0 Å². The zero-order valence-corrected chi connectivity index (χ0v) is 12.5. The highest BCUT2D eigenvalue weighted by atomic mass is 16.5. The van der Waals surface area contributed by atoms with Gasteiger partial charge in [-0.1, -0.05) is 20.8 Å². The van der Waals surface area contributed by atoms with Crippen LogP contribution in [0, 0.1) is 0 Å². The Morgan fingerprint density at radius 3 is 2.53 bits per heavy atom. The lowest BCUT2D eigenvalue weighted by molar-refractivity contribution is 0.271. The van der Waals surface area contributed by atoms with Crippen LogP contribution in [0.2, 0.25) is 0 Å². The van der Waals surface area contributed by atoms with Gasteiger partial charge in [0.15, 0.2) is 0 Å². The molecule has 1 aromatic heterocycles. The zero-order chi connectivity index (χ0) is 14.5. The quantitative estimate of drug-likeness (QED) is 0.461. The topological polar surface area (TPSA) is 76.3 Å². The van der Waals surface area contributed by atoms with Crippen molar-refractivity contribution < 1.29 is 4.74 Å². The summed E-state index contributed by atoms with van der Waals surface area (Å²) in [7, 11) is 4.08. The Morgan fingerprint density at radius 2 is 2.00 bits per heavy atom. The molecule has 6 heteroatoms. The number of hydrazine groups is 1. The summed E-state index contributed by atoms with van der Waals surface area (Å²) in [5, 5.41) is 0. The molecule has 0 aliphatic carbocycles. The molecule has 0 amide bonds. The first-order chi connectivity index (χ1) is 8.82. The Bertz CT molecular complexity index is 401. The standard InChI is InChI=1S/C13H25N5O/c1-13(2,3)12-15-10(17-14)9-11(16-12)19-8-6-7-18(4)5/h9H,6-8,14H2,1-5H3,(H,15,16,17). The minimum absolute atomic E-state index is 0.144.